The van der Waals surface area contributed by atoms with Crippen LogP contribution in [-0.2, 0) is 11.8 Å². The molecule has 90 valence electrons. The maximum absolute atomic E-state index is 11.5. The number of hydrogen-bond acceptors (Lipinski definition) is 4. The van der Waals surface area contributed by atoms with Crippen LogP contribution in [-0.4, -0.2) is 35.6 Å². The Balaban J connectivity index is 2.57. The Morgan fingerprint density at radius 1 is 1.59 bits per heavy atom. The molecular formula is C9H11N5O3. The fourth-order valence-electron chi connectivity index (χ4n) is 1.49. The van der Waals surface area contributed by atoms with E-state index in [0.29, 0.717) is 5.69 Å². The van der Waals surface area contributed by atoms with Gasteiger partial charge in [-0.2, -0.15) is 10.2 Å². The van der Waals surface area contributed by atoms with Gasteiger partial charge in [-0.25, -0.2) is 14.7 Å². The standard InChI is InChI=1S/C9H11N5O3/c1-5(8(15)16)14-7(10-11-9(14)17)6-3-4-13(2)12-6/h3-5H,1-2H3,(H,11,17)(H,15,16)/t5-/m1/s1. The summed E-state index contributed by atoms with van der Waals surface area (Å²) < 4.78 is 2.61. The van der Waals surface area contributed by atoms with Gasteiger partial charge in [-0.05, 0) is 13.0 Å². The molecule has 0 unspecified atom stereocenters. The van der Waals surface area contributed by atoms with Gasteiger partial charge in [0.05, 0.1) is 0 Å². The molecule has 2 N–H and O–H groups in total. The summed E-state index contributed by atoms with van der Waals surface area (Å²) in [5.41, 5.74) is -0.125. The maximum Gasteiger partial charge on any atom is 0.344 e. The lowest BCUT2D eigenvalue weighted by molar-refractivity contribution is -0.140. The molecule has 0 aliphatic rings. The first kappa shape index (κ1) is 11.1. The first-order valence-electron chi connectivity index (χ1n) is 4.90. The molecule has 2 rings (SSSR count). The molecule has 2 heterocycles. The van der Waals surface area contributed by atoms with Crippen LogP contribution in [0.15, 0.2) is 17.1 Å². The third-order valence-electron chi connectivity index (χ3n) is 2.39. The van der Waals surface area contributed by atoms with Gasteiger partial charge in [0, 0.05) is 13.2 Å². The molecule has 0 aliphatic heterocycles. The second-order valence-electron chi connectivity index (χ2n) is 3.61. The highest BCUT2D eigenvalue weighted by Gasteiger charge is 2.22. The predicted molar refractivity (Wildman–Crippen MR) is 57.4 cm³/mol. The van der Waals surface area contributed by atoms with Crippen molar-refractivity contribution in [2.24, 2.45) is 7.05 Å². The Hall–Kier alpha value is -2.38. The monoisotopic (exact) mass is 237 g/mol. The van der Waals surface area contributed by atoms with Crippen LogP contribution in [0.25, 0.3) is 11.5 Å². The molecule has 8 heteroatoms. The molecule has 0 aromatic carbocycles. The highest BCUT2D eigenvalue weighted by Crippen LogP contribution is 2.15. The first-order valence-corrected chi connectivity index (χ1v) is 4.90. The average molecular weight is 237 g/mol. The zero-order valence-electron chi connectivity index (χ0n) is 9.28. The molecule has 0 spiro atoms. The van der Waals surface area contributed by atoms with E-state index in [9.17, 15) is 9.59 Å². The second-order valence-corrected chi connectivity index (χ2v) is 3.61. The van der Waals surface area contributed by atoms with Crippen molar-refractivity contribution in [2.45, 2.75) is 13.0 Å². The van der Waals surface area contributed by atoms with Crippen molar-refractivity contribution in [2.75, 3.05) is 0 Å². The van der Waals surface area contributed by atoms with Gasteiger partial charge in [0.1, 0.15) is 11.7 Å². The van der Waals surface area contributed by atoms with E-state index in [4.69, 9.17) is 5.11 Å². The number of aromatic amines is 1. The number of nitrogens with zero attached hydrogens (tertiary/aromatic N) is 4. The van der Waals surface area contributed by atoms with Crippen LogP contribution >= 0.6 is 0 Å². The highest BCUT2D eigenvalue weighted by atomic mass is 16.4. The lowest BCUT2D eigenvalue weighted by Crippen LogP contribution is -2.26. The molecule has 0 fully saturated rings. The molecule has 0 amide bonds. The molecule has 0 aliphatic carbocycles. The van der Waals surface area contributed by atoms with Crippen molar-refractivity contribution in [3.8, 4) is 11.5 Å². The van der Waals surface area contributed by atoms with Crippen molar-refractivity contribution >= 4 is 5.97 Å². The number of carboxylic acids is 1. The van der Waals surface area contributed by atoms with E-state index in [2.05, 4.69) is 15.3 Å². The molecule has 1 atom stereocenters. The van der Waals surface area contributed by atoms with Gasteiger partial charge in [-0.1, -0.05) is 0 Å². The topological polar surface area (TPSA) is 106 Å². The van der Waals surface area contributed by atoms with Crippen molar-refractivity contribution in [3.63, 3.8) is 0 Å². The first-order chi connectivity index (χ1) is 8.00. The lowest BCUT2D eigenvalue weighted by atomic mass is 10.3. The van der Waals surface area contributed by atoms with Crippen LogP contribution in [0, 0.1) is 0 Å². The summed E-state index contributed by atoms with van der Waals surface area (Å²) in [6, 6.07) is 0.652. The fraction of sp³-hybridized carbons (Fsp3) is 0.333. The van der Waals surface area contributed by atoms with Crippen molar-refractivity contribution in [1.82, 2.24) is 24.5 Å². The molecule has 0 saturated carbocycles. The van der Waals surface area contributed by atoms with Gasteiger partial charge in [0.15, 0.2) is 5.82 Å². The molecule has 8 nitrogen and oxygen atoms in total. The Bertz CT molecular complexity index is 608. The minimum atomic E-state index is -1.11. The van der Waals surface area contributed by atoms with E-state index in [1.165, 1.54) is 6.92 Å². The Morgan fingerprint density at radius 2 is 2.29 bits per heavy atom. The van der Waals surface area contributed by atoms with E-state index >= 15 is 0 Å². The third-order valence-corrected chi connectivity index (χ3v) is 2.39. The van der Waals surface area contributed by atoms with Crippen molar-refractivity contribution in [3.05, 3.63) is 22.7 Å². The molecule has 0 bridgehead atoms. The van der Waals surface area contributed by atoms with Gasteiger partial charge in [0.2, 0.25) is 0 Å². The number of carboxylic acid groups (broad SMARTS) is 1. The number of H-pyrrole nitrogens is 1. The summed E-state index contributed by atoms with van der Waals surface area (Å²) in [4.78, 5) is 22.4. The average Bonchev–Trinajstić information content (AvgIpc) is 2.83. The minimum absolute atomic E-state index is 0.213. The van der Waals surface area contributed by atoms with E-state index in [1.807, 2.05) is 0 Å². The fourth-order valence-corrected chi connectivity index (χ4v) is 1.49. The molecule has 2 aromatic heterocycles. The lowest BCUT2D eigenvalue weighted by Gasteiger charge is -2.07. The number of aryl methyl sites for hydroxylation is 1. The van der Waals surface area contributed by atoms with Crippen molar-refractivity contribution in [1.29, 1.82) is 0 Å². The third kappa shape index (κ3) is 1.84. The maximum atomic E-state index is 11.5. The molecule has 2 aromatic rings. The van der Waals surface area contributed by atoms with Crippen LogP contribution in [0.1, 0.15) is 13.0 Å². The number of carbonyl (C=O) groups is 1. The van der Waals surface area contributed by atoms with Gasteiger partial charge >= 0.3 is 11.7 Å². The van der Waals surface area contributed by atoms with Crippen LogP contribution in [0.3, 0.4) is 0 Å². The van der Waals surface area contributed by atoms with Crippen LogP contribution in [0.2, 0.25) is 0 Å². The van der Waals surface area contributed by atoms with Crippen LogP contribution < -0.4 is 5.69 Å². The molecule has 0 saturated heterocycles. The predicted octanol–water partition coefficient (Wildman–Crippen LogP) is -0.383. The van der Waals surface area contributed by atoms with Gasteiger partial charge in [0.25, 0.3) is 0 Å². The highest BCUT2D eigenvalue weighted by molar-refractivity contribution is 5.72. The van der Waals surface area contributed by atoms with Gasteiger partial charge in [-0.3, -0.25) is 9.25 Å². The zero-order chi connectivity index (χ0) is 12.6. The number of aliphatic carboxylic acids is 1. The number of aromatic nitrogens is 5. The summed E-state index contributed by atoms with van der Waals surface area (Å²) in [5, 5.41) is 19.0. The summed E-state index contributed by atoms with van der Waals surface area (Å²) in [6.07, 6.45) is 1.68. The van der Waals surface area contributed by atoms with E-state index in [1.54, 1.807) is 24.0 Å². The summed E-state index contributed by atoms with van der Waals surface area (Å²) in [6.45, 7) is 1.41. The Kier molecular flexibility index (Phi) is 2.54. The van der Waals surface area contributed by atoms with E-state index in [-0.39, 0.29) is 5.82 Å². The largest absolute Gasteiger partial charge is 0.480 e. The smallest absolute Gasteiger partial charge is 0.344 e. The number of nitrogens with one attached hydrogen (secondary N) is 1. The minimum Gasteiger partial charge on any atom is -0.480 e. The summed E-state index contributed by atoms with van der Waals surface area (Å²) in [7, 11) is 1.72. The van der Waals surface area contributed by atoms with E-state index in [0.717, 1.165) is 4.57 Å². The number of hydrogen-bond donors (Lipinski definition) is 2. The van der Waals surface area contributed by atoms with Crippen molar-refractivity contribution < 1.29 is 9.90 Å². The van der Waals surface area contributed by atoms with Crippen LogP contribution in [0.4, 0.5) is 0 Å². The zero-order valence-corrected chi connectivity index (χ0v) is 9.28. The summed E-state index contributed by atoms with van der Waals surface area (Å²) >= 11 is 0. The Labute approximate surface area is 95.5 Å². The number of rotatable bonds is 3. The molecule has 0 radical (unpaired) electrons. The Morgan fingerprint density at radius 3 is 2.82 bits per heavy atom. The SMILES string of the molecule is C[C@H](C(=O)O)n1c(-c2ccn(C)n2)n[nH]c1=O. The van der Waals surface area contributed by atoms with Crippen LogP contribution in [0.5, 0.6) is 0 Å². The normalized spacial score (nSPS) is 12.6. The molecular weight excluding hydrogens is 226 g/mol. The van der Waals surface area contributed by atoms with Gasteiger partial charge < -0.3 is 5.11 Å². The second kappa shape index (κ2) is 3.89. The summed E-state index contributed by atoms with van der Waals surface area (Å²) in [5.74, 6) is -0.892. The quantitative estimate of drug-likeness (QED) is 0.756. The van der Waals surface area contributed by atoms with Gasteiger partial charge in [-0.15, -0.1) is 0 Å². The van der Waals surface area contributed by atoms with E-state index < -0.39 is 17.7 Å². The molecule has 17 heavy (non-hydrogen) atoms.